The molecule has 7 rings (SSSR count). The smallest absolute Gasteiger partial charge is 0.196 e. The van der Waals surface area contributed by atoms with Gasteiger partial charge in [0.05, 0.1) is 16.4 Å². The van der Waals surface area contributed by atoms with Gasteiger partial charge in [-0.1, -0.05) is 48.5 Å². The Morgan fingerprint density at radius 1 is 0.528 bits per heavy atom. The Bertz CT molecular complexity index is 2370. The summed E-state index contributed by atoms with van der Waals surface area (Å²) in [6.45, 7) is 0. The zero-order valence-corrected chi connectivity index (χ0v) is 18.7. The van der Waals surface area contributed by atoms with Crippen molar-refractivity contribution in [2.45, 2.75) is 0 Å². The minimum atomic E-state index is -0.515. The second-order valence-corrected chi connectivity index (χ2v) is 9.05. The van der Waals surface area contributed by atoms with Crippen LogP contribution in [0.4, 0.5) is 0 Å². The zero-order valence-electron chi connectivity index (χ0n) is 18.7. The lowest BCUT2D eigenvalue weighted by molar-refractivity contribution is 0.405. The van der Waals surface area contributed by atoms with Crippen LogP contribution in [0.5, 0.6) is 11.5 Å². The molecule has 0 saturated carbocycles. The number of fused-ring (bicyclic) bond motifs is 10. The molecular formula is C29H15NO6. The molecule has 0 amide bonds. The van der Waals surface area contributed by atoms with Gasteiger partial charge in [0, 0.05) is 61.6 Å². The van der Waals surface area contributed by atoms with Gasteiger partial charge in [-0.3, -0.25) is 19.2 Å². The Hall–Kier alpha value is -5.04. The number of hydrogen-bond donors (Lipinski definition) is 2. The van der Waals surface area contributed by atoms with E-state index in [-0.39, 0.29) is 59.7 Å². The molecule has 0 spiro atoms. The van der Waals surface area contributed by atoms with Crippen molar-refractivity contribution in [3.8, 4) is 11.5 Å². The average molecular weight is 473 g/mol. The highest BCUT2D eigenvalue weighted by atomic mass is 16.3. The van der Waals surface area contributed by atoms with E-state index in [4.69, 9.17) is 0 Å². The molecule has 1 aromatic heterocycles. The second kappa shape index (κ2) is 6.55. The van der Waals surface area contributed by atoms with Crippen LogP contribution in [0.1, 0.15) is 0 Å². The van der Waals surface area contributed by atoms with Crippen molar-refractivity contribution < 1.29 is 10.2 Å². The van der Waals surface area contributed by atoms with E-state index in [0.717, 1.165) is 0 Å². The van der Waals surface area contributed by atoms with Crippen LogP contribution >= 0.6 is 0 Å². The molecule has 0 radical (unpaired) electrons. The number of nitrogens with zero attached hydrogens (tertiary/aromatic N) is 1. The van der Waals surface area contributed by atoms with Crippen LogP contribution in [-0.4, -0.2) is 14.8 Å². The van der Waals surface area contributed by atoms with Crippen molar-refractivity contribution >= 4 is 64.9 Å². The number of aryl methyl sites for hydroxylation is 1. The lowest BCUT2D eigenvalue weighted by atomic mass is 9.91. The first-order chi connectivity index (χ1) is 17.3. The molecule has 0 aliphatic carbocycles. The number of aromatic hydroxyl groups is 2. The summed E-state index contributed by atoms with van der Waals surface area (Å²) in [6.07, 6.45) is 0. The van der Waals surface area contributed by atoms with Crippen molar-refractivity contribution in [1.82, 2.24) is 4.57 Å². The number of phenols is 2. The molecule has 0 saturated heterocycles. The highest BCUT2D eigenvalue weighted by Crippen LogP contribution is 2.41. The van der Waals surface area contributed by atoms with E-state index in [1.165, 1.54) is 24.3 Å². The number of aromatic nitrogens is 1. The van der Waals surface area contributed by atoms with Crippen molar-refractivity contribution in [3.05, 3.63) is 102 Å². The molecule has 1 heterocycles. The van der Waals surface area contributed by atoms with Crippen LogP contribution in [0, 0.1) is 0 Å². The molecule has 172 valence electrons. The molecule has 0 atom stereocenters. The Labute approximate surface area is 200 Å². The Balaban J connectivity index is 2.04. The fraction of sp³-hybridized carbons (Fsp3) is 0.0345. The molecule has 36 heavy (non-hydrogen) atoms. The summed E-state index contributed by atoms with van der Waals surface area (Å²) < 4.78 is 1.61. The monoisotopic (exact) mass is 473 g/mol. The van der Waals surface area contributed by atoms with E-state index in [2.05, 4.69) is 0 Å². The first-order valence-electron chi connectivity index (χ1n) is 11.2. The van der Waals surface area contributed by atoms with Gasteiger partial charge in [0.15, 0.2) is 33.2 Å². The summed E-state index contributed by atoms with van der Waals surface area (Å²) in [5.41, 5.74) is -1.20. The maximum absolute atomic E-state index is 13.9. The topological polar surface area (TPSA) is 114 Å². The second-order valence-electron chi connectivity index (χ2n) is 9.05. The molecule has 0 fully saturated rings. The van der Waals surface area contributed by atoms with Crippen molar-refractivity contribution in [3.63, 3.8) is 0 Å². The number of hydrogen-bond acceptors (Lipinski definition) is 6. The van der Waals surface area contributed by atoms with Gasteiger partial charge < -0.3 is 14.8 Å². The standard InChI is InChI=1S/C29H15NO6/c1-30-17-11-19(32)18(31)10-16(17)20-21-22(27(34)13-7-3-2-6-12(13)26(21)33)23-24(25(20)30)29(36)15-9-5-4-8-14(15)28(23)35/h2-11,31-32H,1H3. The largest absolute Gasteiger partial charge is 0.504 e. The van der Waals surface area contributed by atoms with Crippen LogP contribution in [-0.2, 0) is 7.05 Å². The summed E-state index contributed by atoms with van der Waals surface area (Å²) in [4.78, 5) is 55.6. The van der Waals surface area contributed by atoms with E-state index in [0.29, 0.717) is 10.9 Å². The molecule has 0 unspecified atom stereocenters. The fourth-order valence-corrected chi connectivity index (χ4v) is 5.70. The molecule has 2 N–H and O–H groups in total. The van der Waals surface area contributed by atoms with E-state index in [1.807, 2.05) is 0 Å². The van der Waals surface area contributed by atoms with E-state index in [1.54, 1.807) is 48.0 Å². The predicted molar refractivity (Wildman–Crippen MR) is 141 cm³/mol. The third-order valence-electron chi connectivity index (χ3n) is 7.27. The number of benzene rings is 6. The van der Waals surface area contributed by atoms with Gasteiger partial charge in [-0.05, 0) is 6.07 Å². The maximum Gasteiger partial charge on any atom is 0.196 e. The lowest BCUT2D eigenvalue weighted by Crippen LogP contribution is -2.20. The predicted octanol–water partition coefficient (Wildman–Crippen LogP) is 3.67. The third kappa shape index (κ3) is 2.22. The molecule has 0 aliphatic rings. The van der Waals surface area contributed by atoms with Crippen LogP contribution in [0.3, 0.4) is 0 Å². The zero-order chi connectivity index (χ0) is 25.0. The molecule has 6 aromatic carbocycles. The highest BCUT2D eigenvalue weighted by Gasteiger charge is 2.26. The van der Waals surface area contributed by atoms with Gasteiger partial charge in [0.2, 0.25) is 0 Å². The van der Waals surface area contributed by atoms with E-state index in [9.17, 15) is 29.4 Å². The Morgan fingerprint density at radius 2 is 0.917 bits per heavy atom. The molecule has 0 bridgehead atoms. The van der Waals surface area contributed by atoms with Crippen LogP contribution < -0.4 is 21.7 Å². The lowest BCUT2D eigenvalue weighted by Gasteiger charge is -2.10. The normalized spacial score (nSPS) is 12.1. The van der Waals surface area contributed by atoms with Crippen molar-refractivity contribution in [2.24, 2.45) is 7.05 Å². The SMILES string of the molecule is Cn1c2cc(O)c(O)cc2c2c3c(=O)c4ccccc4c(=O)c3c3c(=O)c4ccccc4c(=O)c3c21. The Kier molecular flexibility index (Phi) is 3.70. The van der Waals surface area contributed by atoms with E-state index >= 15 is 0 Å². The summed E-state index contributed by atoms with van der Waals surface area (Å²) in [6, 6.07) is 15.4. The quantitative estimate of drug-likeness (QED) is 0.197. The van der Waals surface area contributed by atoms with Gasteiger partial charge in [0.25, 0.3) is 0 Å². The summed E-state index contributed by atoms with van der Waals surface area (Å²) >= 11 is 0. The molecular weight excluding hydrogens is 458 g/mol. The van der Waals surface area contributed by atoms with Crippen LogP contribution in [0.2, 0.25) is 0 Å². The molecule has 7 aromatic rings. The fourth-order valence-electron chi connectivity index (χ4n) is 5.70. The molecule has 7 heteroatoms. The summed E-state index contributed by atoms with van der Waals surface area (Å²) in [5, 5.41) is 21.7. The van der Waals surface area contributed by atoms with Gasteiger partial charge >= 0.3 is 0 Å². The Morgan fingerprint density at radius 3 is 1.42 bits per heavy atom. The summed E-state index contributed by atoms with van der Waals surface area (Å²) in [7, 11) is 1.65. The first kappa shape index (κ1) is 20.3. The van der Waals surface area contributed by atoms with Crippen molar-refractivity contribution in [1.29, 1.82) is 0 Å². The average Bonchev–Trinajstić information content (AvgIpc) is 3.16. The van der Waals surface area contributed by atoms with Gasteiger partial charge in [-0.25, -0.2) is 0 Å². The summed E-state index contributed by atoms with van der Waals surface area (Å²) in [5.74, 6) is -0.791. The minimum absolute atomic E-state index is 0.0173. The minimum Gasteiger partial charge on any atom is -0.504 e. The van der Waals surface area contributed by atoms with Crippen molar-refractivity contribution in [2.75, 3.05) is 0 Å². The number of rotatable bonds is 0. The van der Waals surface area contributed by atoms with Crippen LogP contribution in [0.15, 0.2) is 79.8 Å². The van der Waals surface area contributed by atoms with Gasteiger partial charge in [0.1, 0.15) is 0 Å². The third-order valence-corrected chi connectivity index (χ3v) is 7.27. The van der Waals surface area contributed by atoms with E-state index < -0.39 is 27.5 Å². The molecule has 0 aliphatic heterocycles. The number of phenolic OH excluding ortho intramolecular Hbond substituents is 2. The highest BCUT2D eigenvalue weighted by molar-refractivity contribution is 6.34. The van der Waals surface area contributed by atoms with Gasteiger partial charge in [-0.2, -0.15) is 0 Å². The molecule has 7 nitrogen and oxygen atoms in total. The van der Waals surface area contributed by atoms with Gasteiger partial charge in [-0.15, -0.1) is 0 Å². The first-order valence-corrected chi connectivity index (χ1v) is 11.2. The van der Waals surface area contributed by atoms with Crippen LogP contribution in [0.25, 0.3) is 64.9 Å². The maximum atomic E-state index is 13.9.